The third-order valence-corrected chi connectivity index (χ3v) is 8.32. The van der Waals surface area contributed by atoms with Crippen molar-refractivity contribution in [3.8, 4) is 0 Å². The molecule has 2 saturated heterocycles. The number of carbonyl (C=O) groups excluding carboxylic acids is 3. The summed E-state index contributed by atoms with van der Waals surface area (Å²) in [6.45, 7) is 1.12. The number of hydrogen-bond acceptors (Lipinski definition) is 6. The second-order valence-corrected chi connectivity index (χ2v) is 11.2. The monoisotopic (exact) mass is 569 g/mol. The Morgan fingerprint density at radius 2 is 1.69 bits per heavy atom. The number of ether oxygens (including phenoxy) is 1. The van der Waals surface area contributed by atoms with Crippen LogP contribution in [0.15, 0.2) is 66.9 Å². The van der Waals surface area contributed by atoms with Gasteiger partial charge in [-0.3, -0.25) is 14.4 Å². The number of rotatable bonds is 12. The fraction of sp³-hybridized carbons (Fsp3) is 0.394. The molecule has 5 rings (SSSR count). The lowest BCUT2D eigenvalue weighted by atomic mass is 9.95. The molecule has 9 heteroatoms. The molecule has 9 nitrogen and oxygen atoms in total. The summed E-state index contributed by atoms with van der Waals surface area (Å²) in [7, 11) is 1.66. The molecule has 220 valence electrons. The molecule has 3 heterocycles. The smallest absolute Gasteiger partial charge is 0.253 e. The van der Waals surface area contributed by atoms with Gasteiger partial charge < -0.3 is 26.0 Å². The van der Waals surface area contributed by atoms with Crippen molar-refractivity contribution in [2.45, 2.75) is 69.6 Å². The van der Waals surface area contributed by atoms with Crippen molar-refractivity contribution in [2.75, 3.05) is 18.6 Å². The number of aromatic nitrogens is 1. The highest BCUT2D eigenvalue weighted by atomic mass is 16.5. The van der Waals surface area contributed by atoms with Gasteiger partial charge in [-0.2, -0.15) is 0 Å². The first-order valence-corrected chi connectivity index (χ1v) is 14.7. The molecule has 2 aromatic carbocycles. The normalized spacial score (nSPS) is 19.4. The van der Waals surface area contributed by atoms with E-state index in [2.05, 4.69) is 20.5 Å². The Hall–Kier alpha value is -4.24. The Morgan fingerprint density at radius 3 is 2.36 bits per heavy atom. The van der Waals surface area contributed by atoms with Crippen molar-refractivity contribution in [2.24, 2.45) is 5.73 Å². The number of aryl methyl sites for hydroxylation is 1. The van der Waals surface area contributed by atoms with E-state index < -0.39 is 5.91 Å². The van der Waals surface area contributed by atoms with E-state index in [4.69, 9.17) is 10.5 Å². The number of pyridine rings is 1. The lowest BCUT2D eigenvalue weighted by molar-refractivity contribution is 0.0923. The van der Waals surface area contributed by atoms with Crippen LogP contribution in [-0.2, 0) is 17.7 Å². The number of nitrogens with zero attached hydrogens (tertiary/aromatic N) is 2. The molecule has 3 aromatic rings. The summed E-state index contributed by atoms with van der Waals surface area (Å²) >= 11 is 0. The number of benzene rings is 2. The van der Waals surface area contributed by atoms with Crippen molar-refractivity contribution in [3.63, 3.8) is 0 Å². The Labute approximate surface area is 246 Å². The minimum absolute atomic E-state index is 0.0512. The number of carbonyl (C=O) groups is 3. The highest BCUT2D eigenvalue weighted by Gasteiger charge is 2.41. The average molecular weight is 570 g/mol. The van der Waals surface area contributed by atoms with E-state index in [9.17, 15) is 14.4 Å². The number of fused-ring (bicyclic) bond motifs is 2. The number of unbranched alkanes of at least 4 members (excludes halogenated alkanes) is 1. The number of primary amides is 1. The summed E-state index contributed by atoms with van der Waals surface area (Å²) in [4.78, 5) is 44.8. The van der Waals surface area contributed by atoms with Crippen molar-refractivity contribution < 1.29 is 19.1 Å². The van der Waals surface area contributed by atoms with Gasteiger partial charge in [0.1, 0.15) is 5.82 Å². The lowest BCUT2D eigenvalue weighted by Gasteiger charge is -2.40. The van der Waals surface area contributed by atoms with Crippen LogP contribution in [0.25, 0.3) is 0 Å². The molecule has 1 aromatic heterocycles. The topological polar surface area (TPSA) is 127 Å². The highest BCUT2D eigenvalue weighted by molar-refractivity contribution is 5.98. The second kappa shape index (κ2) is 13.6. The minimum Gasteiger partial charge on any atom is -0.385 e. The zero-order chi connectivity index (χ0) is 29.5. The number of nitrogens with two attached hydrogens (primary N) is 1. The summed E-state index contributed by atoms with van der Waals surface area (Å²) in [5.74, 6) is 0.101. The lowest BCUT2D eigenvalue weighted by Crippen LogP contribution is -2.50. The highest BCUT2D eigenvalue weighted by Crippen LogP contribution is 2.38. The van der Waals surface area contributed by atoms with Gasteiger partial charge in [-0.1, -0.05) is 30.3 Å². The molecule has 2 aliphatic heterocycles. The predicted molar refractivity (Wildman–Crippen MR) is 161 cm³/mol. The Morgan fingerprint density at radius 1 is 0.952 bits per heavy atom. The first kappa shape index (κ1) is 29.3. The van der Waals surface area contributed by atoms with E-state index in [1.165, 1.54) is 0 Å². The molecule has 2 bridgehead atoms. The van der Waals surface area contributed by atoms with Crippen LogP contribution >= 0.6 is 0 Å². The van der Waals surface area contributed by atoms with Gasteiger partial charge in [0.2, 0.25) is 5.91 Å². The van der Waals surface area contributed by atoms with E-state index >= 15 is 0 Å². The number of nitrogens with one attached hydrogen (secondary N) is 2. The first-order valence-electron chi connectivity index (χ1n) is 14.7. The van der Waals surface area contributed by atoms with Gasteiger partial charge in [-0.05, 0) is 86.4 Å². The van der Waals surface area contributed by atoms with Crippen LogP contribution in [0.3, 0.4) is 0 Å². The Balaban J connectivity index is 1.18. The molecular weight excluding hydrogens is 530 g/mol. The molecule has 0 saturated carbocycles. The van der Waals surface area contributed by atoms with Crippen molar-refractivity contribution in [3.05, 3.63) is 94.7 Å². The van der Waals surface area contributed by atoms with Crippen LogP contribution in [0.5, 0.6) is 0 Å². The molecule has 0 spiro atoms. The van der Waals surface area contributed by atoms with Gasteiger partial charge in [0, 0.05) is 55.7 Å². The molecule has 2 fully saturated rings. The van der Waals surface area contributed by atoms with Gasteiger partial charge in [0.25, 0.3) is 11.8 Å². The quantitative estimate of drug-likeness (QED) is 0.283. The molecule has 2 unspecified atom stereocenters. The molecule has 0 aliphatic carbocycles. The fourth-order valence-electron chi connectivity index (χ4n) is 6.24. The van der Waals surface area contributed by atoms with Gasteiger partial charge >= 0.3 is 0 Å². The molecular formula is C33H39N5O4. The van der Waals surface area contributed by atoms with Crippen LogP contribution in [-0.4, -0.2) is 54.5 Å². The summed E-state index contributed by atoms with van der Waals surface area (Å²) in [6, 6.07) is 19.3. The van der Waals surface area contributed by atoms with E-state index in [1.54, 1.807) is 31.5 Å². The SMILES string of the molecule is COCCCCc1cc(C(=O)NC2CC3CCC(C2)N3c2ccc(C(=O)NCc3ccccc3)cn2)ccc1C(N)=O. The van der Waals surface area contributed by atoms with Crippen LogP contribution in [0.2, 0.25) is 0 Å². The van der Waals surface area contributed by atoms with Gasteiger partial charge in [-0.25, -0.2) is 4.98 Å². The van der Waals surface area contributed by atoms with Crippen LogP contribution < -0.4 is 21.3 Å². The van der Waals surface area contributed by atoms with Gasteiger partial charge in [0.05, 0.1) is 5.56 Å². The third-order valence-electron chi connectivity index (χ3n) is 8.32. The maximum atomic E-state index is 13.2. The number of anilines is 1. The van der Waals surface area contributed by atoms with E-state index in [0.29, 0.717) is 36.3 Å². The van der Waals surface area contributed by atoms with Crippen molar-refractivity contribution >= 4 is 23.5 Å². The number of amides is 3. The maximum Gasteiger partial charge on any atom is 0.253 e. The van der Waals surface area contributed by atoms with Crippen molar-refractivity contribution in [1.29, 1.82) is 0 Å². The number of methoxy groups -OCH3 is 1. The molecule has 42 heavy (non-hydrogen) atoms. The van der Waals surface area contributed by atoms with E-state index in [0.717, 1.165) is 55.5 Å². The maximum absolute atomic E-state index is 13.2. The third kappa shape index (κ3) is 6.97. The Bertz CT molecular complexity index is 1380. The zero-order valence-electron chi connectivity index (χ0n) is 24.1. The van der Waals surface area contributed by atoms with Crippen LogP contribution in [0.4, 0.5) is 5.82 Å². The second-order valence-electron chi connectivity index (χ2n) is 11.2. The largest absolute Gasteiger partial charge is 0.385 e. The average Bonchev–Trinajstić information content (AvgIpc) is 3.28. The molecule has 3 amide bonds. The van der Waals surface area contributed by atoms with Crippen molar-refractivity contribution in [1.82, 2.24) is 15.6 Å². The molecule has 2 atom stereocenters. The molecule has 2 aliphatic rings. The molecule has 4 N–H and O–H groups in total. The van der Waals surface area contributed by atoms with Crippen LogP contribution in [0.1, 0.15) is 80.7 Å². The number of piperidine rings is 1. The fourth-order valence-corrected chi connectivity index (χ4v) is 6.24. The first-order chi connectivity index (χ1) is 20.4. The standard InChI is InChI=1S/C33H39N5O4/c1-42-16-6-5-9-23-17-24(10-14-29(23)31(34)39)33(41)37-26-18-27-12-13-28(19-26)38(27)30-15-11-25(21-35-30)32(40)36-20-22-7-3-2-4-8-22/h2-4,7-8,10-11,14-15,17,21,26-28H,5-6,9,12-13,16,18-20H2,1H3,(H2,34,39)(H,36,40)(H,37,41). The summed E-state index contributed by atoms with van der Waals surface area (Å²) in [5.41, 5.74) is 8.96. The number of hydrogen-bond donors (Lipinski definition) is 3. The summed E-state index contributed by atoms with van der Waals surface area (Å²) in [5, 5.41) is 6.18. The summed E-state index contributed by atoms with van der Waals surface area (Å²) in [6.07, 6.45) is 7.74. The predicted octanol–water partition coefficient (Wildman–Crippen LogP) is 4.01. The molecule has 0 radical (unpaired) electrons. The zero-order valence-corrected chi connectivity index (χ0v) is 24.1. The van der Waals surface area contributed by atoms with Crippen LogP contribution in [0, 0.1) is 0 Å². The minimum atomic E-state index is -0.484. The van der Waals surface area contributed by atoms with E-state index in [1.807, 2.05) is 42.5 Å². The summed E-state index contributed by atoms with van der Waals surface area (Å²) < 4.78 is 5.12. The van der Waals surface area contributed by atoms with Gasteiger partial charge in [-0.15, -0.1) is 0 Å². The van der Waals surface area contributed by atoms with E-state index in [-0.39, 0.29) is 29.9 Å². The Kier molecular flexibility index (Phi) is 9.48. The van der Waals surface area contributed by atoms with Gasteiger partial charge in [0.15, 0.2) is 0 Å².